The number of nitrogens with one attached hydrogen (secondary N) is 1. The number of carbonyl (C=O) groups excluding carboxylic acids is 1. The SMILES string of the molecule is CCc1c[nH]c2c(OCc3ccccc3)cc(C(=O)OC)cc12. The molecule has 0 aliphatic carbocycles. The minimum Gasteiger partial charge on any atom is -0.487 e. The zero-order valence-corrected chi connectivity index (χ0v) is 13.3. The Kier molecular flexibility index (Phi) is 4.33. The number of esters is 1. The second-order valence-corrected chi connectivity index (χ2v) is 5.33. The van der Waals surface area contributed by atoms with E-state index >= 15 is 0 Å². The van der Waals surface area contributed by atoms with Crippen molar-refractivity contribution in [3.05, 3.63) is 65.4 Å². The van der Waals surface area contributed by atoms with Crippen molar-refractivity contribution in [1.29, 1.82) is 0 Å². The summed E-state index contributed by atoms with van der Waals surface area (Å²) in [5.41, 5.74) is 3.63. The van der Waals surface area contributed by atoms with Crippen LogP contribution in [-0.2, 0) is 17.8 Å². The lowest BCUT2D eigenvalue weighted by atomic mass is 10.1. The van der Waals surface area contributed by atoms with Gasteiger partial charge < -0.3 is 14.5 Å². The van der Waals surface area contributed by atoms with Gasteiger partial charge in [0.1, 0.15) is 12.4 Å². The van der Waals surface area contributed by atoms with Crippen LogP contribution in [0.25, 0.3) is 10.9 Å². The summed E-state index contributed by atoms with van der Waals surface area (Å²) in [6.07, 6.45) is 2.84. The number of aromatic amines is 1. The number of fused-ring (bicyclic) bond motifs is 1. The van der Waals surface area contributed by atoms with E-state index < -0.39 is 0 Å². The minimum atomic E-state index is -0.361. The first-order chi connectivity index (χ1) is 11.2. The van der Waals surface area contributed by atoms with Crippen molar-refractivity contribution in [3.63, 3.8) is 0 Å². The number of hydrogen-bond acceptors (Lipinski definition) is 3. The second kappa shape index (κ2) is 6.57. The van der Waals surface area contributed by atoms with Crippen LogP contribution in [0.1, 0.15) is 28.4 Å². The van der Waals surface area contributed by atoms with Crippen molar-refractivity contribution in [2.24, 2.45) is 0 Å². The maximum absolute atomic E-state index is 11.9. The third-order valence-corrected chi connectivity index (χ3v) is 3.88. The first-order valence-electron chi connectivity index (χ1n) is 7.62. The van der Waals surface area contributed by atoms with Crippen LogP contribution in [-0.4, -0.2) is 18.1 Å². The molecule has 3 aromatic rings. The van der Waals surface area contributed by atoms with Gasteiger partial charge in [0.25, 0.3) is 0 Å². The molecule has 1 N–H and O–H groups in total. The Labute approximate surface area is 135 Å². The molecule has 0 amide bonds. The minimum absolute atomic E-state index is 0.361. The van der Waals surface area contributed by atoms with Gasteiger partial charge in [-0.3, -0.25) is 0 Å². The van der Waals surface area contributed by atoms with Gasteiger partial charge in [-0.2, -0.15) is 0 Å². The Morgan fingerprint density at radius 3 is 2.65 bits per heavy atom. The summed E-state index contributed by atoms with van der Waals surface area (Å²) in [7, 11) is 1.38. The molecule has 0 fully saturated rings. The van der Waals surface area contributed by atoms with Crippen LogP contribution in [0, 0.1) is 0 Å². The lowest BCUT2D eigenvalue weighted by Crippen LogP contribution is -2.03. The third kappa shape index (κ3) is 3.06. The molecular weight excluding hydrogens is 290 g/mol. The van der Waals surface area contributed by atoms with E-state index in [1.165, 1.54) is 7.11 Å². The summed E-state index contributed by atoms with van der Waals surface area (Å²) in [5, 5.41) is 0.999. The number of rotatable bonds is 5. The average Bonchev–Trinajstić information content (AvgIpc) is 3.03. The van der Waals surface area contributed by atoms with Gasteiger partial charge in [0.2, 0.25) is 0 Å². The first-order valence-corrected chi connectivity index (χ1v) is 7.62. The maximum Gasteiger partial charge on any atom is 0.338 e. The van der Waals surface area contributed by atoms with Crippen LogP contribution in [0.5, 0.6) is 5.75 Å². The molecule has 1 heterocycles. The highest BCUT2D eigenvalue weighted by atomic mass is 16.5. The quantitative estimate of drug-likeness (QED) is 0.722. The molecule has 1 aromatic heterocycles. The number of carbonyl (C=O) groups is 1. The van der Waals surface area contributed by atoms with Crippen molar-refractivity contribution in [3.8, 4) is 5.75 Å². The molecule has 3 rings (SSSR count). The van der Waals surface area contributed by atoms with Gasteiger partial charge in [0, 0.05) is 11.6 Å². The van der Waals surface area contributed by atoms with Gasteiger partial charge in [0.15, 0.2) is 0 Å². The number of H-pyrrole nitrogens is 1. The fourth-order valence-corrected chi connectivity index (χ4v) is 2.63. The molecule has 0 spiro atoms. The molecule has 0 radical (unpaired) electrons. The molecule has 118 valence electrons. The fourth-order valence-electron chi connectivity index (χ4n) is 2.63. The highest BCUT2D eigenvalue weighted by Gasteiger charge is 2.14. The zero-order chi connectivity index (χ0) is 16.2. The highest BCUT2D eigenvalue weighted by Crippen LogP contribution is 2.30. The van der Waals surface area contributed by atoms with Crippen LogP contribution in [0.15, 0.2) is 48.7 Å². The van der Waals surface area contributed by atoms with Crippen LogP contribution < -0.4 is 4.74 Å². The standard InChI is InChI=1S/C19H19NO3/c1-3-14-11-20-18-16(14)9-15(19(21)22-2)10-17(18)23-12-13-7-5-4-6-8-13/h4-11,20H,3,12H2,1-2H3. The van der Waals surface area contributed by atoms with Crippen molar-refractivity contribution < 1.29 is 14.3 Å². The topological polar surface area (TPSA) is 51.3 Å². The molecular formula is C19H19NO3. The summed E-state index contributed by atoms with van der Waals surface area (Å²) in [6, 6.07) is 13.5. The average molecular weight is 309 g/mol. The number of aryl methyl sites for hydroxylation is 1. The van der Waals surface area contributed by atoms with Crippen molar-refractivity contribution >= 4 is 16.9 Å². The van der Waals surface area contributed by atoms with Crippen molar-refractivity contribution in [2.75, 3.05) is 7.11 Å². The molecule has 0 unspecified atom stereocenters. The first kappa shape index (κ1) is 15.2. The number of methoxy groups -OCH3 is 1. The molecule has 0 saturated heterocycles. The predicted molar refractivity (Wildman–Crippen MR) is 89.8 cm³/mol. The monoisotopic (exact) mass is 309 g/mol. The van der Waals surface area contributed by atoms with Gasteiger partial charge in [-0.1, -0.05) is 37.3 Å². The third-order valence-electron chi connectivity index (χ3n) is 3.88. The Balaban J connectivity index is 2.00. The molecule has 0 atom stereocenters. The van der Waals surface area contributed by atoms with Gasteiger partial charge in [-0.05, 0) is 29.7 Å². The summed E-state index contributed by atoms with van der Waals surface area (Å²) in [6.45, 7) is 2.53. The van der Waals surface area contributed by atoms with E-state index in [0.717, 1.165) is 28.5 Å². The fraction of sp³-hybridized carbons (Fsp3) is 0.211. The molecule has 2 aromatic carbocycles. The Hall–Kier alpha value is -2.75. The smallest absolute Gasteiger partial charge is 0.338 e. The lowest BCUT2D eigenvalue weighted by molar-refractivity contribution is 0.0600. The molecule has 0 saturated carbocycles. The van der Waals surface area contributed by atoms with Gasteiger partial charge in [0.05, 0.1) is 18.2 Å². The molecule has 4 heteroatoms. The summed E-state index contributed by atoms with van der Waals surface area (Å²) in [4.78, 5) is 15.2. The van der Waals surface area contributed by atoms with E-state index in [1.54, 1.807) is 6.07 Å². The van der Waals surface area contributed by atoms with Gasteiger partial charge in [-0.25, -0.2) is 4.79 Å². The number of aromatic nitrogens is 1. The molecule has 0 aliphatic rings. The number of hydrogen-bond donors (Lipinski definition) is 1. The van der Waals surface area contributed by atoms with Gasteiger partial charge in [-0.15, -0.1) is 0 Å². The van der Waals surface area contributed by atoms with E-state index in [4.69, 9.17) is 9.47 Å². The van der Waals surface area contributed by atoms with Crippen LogP contribution in [0.2, 0.25) is 0 Å². The summed E-state index contributed by atoms with van der Waals surface area (Å²) in [5.74, 6) is 0.297. The lowest BCUT2D eigenvalue weighted by Gasteiger charge is -2.10. The Morgan fingerprint density at radius 2 is 1.96 bits per heavy atom. The Bertz CT molecular complexity index is 821. The maximum atomic E-state index is 11.9. The van der Waals surface area contributed by atoms with E-state index in [1.807, 2.05) is 42.6 Å². The highest BCUT2D eigenvalue weighted by molar-refractivity contribution is 5.98. The Morgan fingerprint density at radius 1 is 1.17 bits per heavy atom. The van der Waals surface area contributed by atoms with Crippen molar-refractivity contribution in [2.45, 2.75) is 20.0 Å². The van der Waals surface area contributed by atoms with E-state index in [2.05, 4.69) is 11.9 Å². The van der Waals surface area contributed by atoms with E-state index in [9.17, 15) is 4.79 Å². The van der Waals surface area contributed by atoms with Crippen LogP contribution in [0.4, 0.5) is 0 Å². The normalized spacial score (nSPS) is 10.7. The number of benzene rings is 2. The largest absolute Gasteiger partial charge is 0.487 e. The molecule has 23 heavy (non-hydrogen) atoms. The van der Waals surface area contributed by atoms with Crippen LogP contribution >= 0.6 is 0 Å². The molecule has 0 aliphatic heterocycles. The summed E-state index contributed by atoms with van der Waals surface area (Å²) < 4.78 is 10.8. The molecule has 4 nitrogen and oxygen atoms in total. The van der Waals surface area contributed by atoms with E-state index in [0.29, 0.717) is 17.9 Å². The van der Waals surface area contributed by atoms with Gasteiger partial charge >= 0.3 is 5.97 Å². The zero-order valence-electron chi connectivity index (χ0n) is 13.3. The summed E-state index contributed by atoms with van der Waals surface area (Å²) >= 11 is 0. The van der Waals surface area contributed by atoms with Crippen molar-refractivity contribution in [1.82, 2.24) is 4.98 Å². The van der Waals surface area contributed by atoms with Crippen LogP contribution in [0.3, 0.4) is 0 Å². The molecule has 0 bridgehead atoms. The second-order valence-electron chi connectivity index (χ2n) is 5.33. The predicted octanol–water partition coefficient (Wildman–Crippen LogP) is 4.10. The number of ether oxygens (including phenoxy) is 2. The van der Waals surface area contributed by atoms with E-state index in [-0.39, 0.29) is 5.97 Å².